The summed E-state index contributed by atoms with van der Waals surface area (Å²) in [6.45, 7) is 3.37. The number of non-ortho nitro benzene ring substituents is 1. The Kier molecular flexibility index (Phi) is 7.69. The Balaban J connectivity index is 1.73. The van der Waals surface area contributed by atoms with Gasteiger partial charge in [-0.1, -0.05) is 11.6 Å². The van der Waals surface area contributed by atoms with Crippen LogP contribution < -0.4 is 5.32 Å². The molecule has 0 saturated carbocycles. The fraction of sp³-hybridized carbons (Fsp3) is 0.389. The molecule has 0 atom stereocenters. The highest BCUT2D eigenvalue weighted by Crippen LogP contribution is 2.24. The van der Waals surface area contributed by atoms with Gasteiger partial charge in [0.25, 0.3) is 11.6 Å². The molecule has 12 heteroatoms. The van der Waals surface area contributed by atoms with Crippen LogP contribution >= 0.6 is 22.9 Å². The highest BCUT2D eigenvalue weighted by Gasteiger charge is 2.24. The first-order chi connectivity index (χ1) is 14.4. The van der Waals surface area contributed by atoms with Crippen LogP contribution in [0.3, 0.4) is 0 Å². The predicted octanol–water partition coefficient (Wildman–Crippen LogP) is 2.12. The fourth-order valence-electron chi connectivity index (χ4n) is 2.92. The number of carbonyl (C=O) groups excluding carboxylic acids is 2. The van der Waals surface area contributed by atoms with Gasteiger partial charge < -0.3 is 15.0 Å². The molecule has 2 aromatic rings. The van der Waals surface area contributed by atoms with Crippen molar-refractivity contribution in [2.75, 3.05) is 51.3 Å². The van der Waals surface area contributed by atoms with Gasteiger partial charge in [0.1, 0.15) is 6.54 Å². The zero-order chi connectivity index (χ0) is 21.5. The summed E-state index contributed by atoms with van der Waals surface area (Å²) < 4.78 is 5.33. The molecule has 1 aliphatic rings. The van der Waals surface area contributed by atoms with Crippen molar-refractivity contribution in [1.82, 2.24) is 14.8 Å². The molecule has 1 fully saturated rings. The van der Waals surface area contributed by atoms with Crippen LogP contribution in [0.1, 0.15) is 10.4 Å². The summed E-state index contributed by atoms with van der Waals surface area (Å²) in [6, 6.07) is 3.66. The normalized spacial score (nSPS) is 14.3. The second-order valence-electron chi connectivity index (χ2n) is 6.49. The highest BCUT2D eigenvalue weighted by atomic mass is 35.5. The van der Waals surface area contributed by atoms with E-state index in [4.69, 9.17) is 16.3 Å². The number of amides is 2. The summed E-state index contributed by atoms with van der Waals surface area (Å²) in [7, 11) is 0. The van der Waals surface area contributed by atoms with Crippen LogP contribution in [0.25, 0.3) is 0 Å². The topological polar surface area (TPSA) is 118 Å². The van der Waals surface area contributed by atoms with E-state index in [1.807, 2.05) is 0 Å². The third-order valence-corrected chi connectivity index (χ3v) is 5.49. The highest BCUT2D eigenvalue weighted by molar-refractivity contribution is 7.13. The van der Waals surface area contributed by atoms with Gasteiger partial charge in [0.05, 0.1) is 28.7 Å². The number of hydrogen-bond acceptors (Lipinski definition) is 8. The molecule has 2 heterocycles. The minimum Gasteiger partial charge on any atom is -0.379 e. The van der Waals surface area contributed by atoms with Crippen molar-refractivity contribution < 1.29 is 19.2 Å². The average Bonchev–Trinajstić information content (AvgIpc) is 3.24. The lowest BCUT2D eigenvalue weighted by molar-refractivity contribution is -0.384. The van der Waals surface area contributed by atoms with E-state index >= 15 is 0 Å². The standard InChI is InChI=1S/C18H20ClN5O5S/c19-15-11-13(24(27)28)1-2-14(15)17(26)23(5-4-22-6-8-29-9-7-22)12-16(25)21-18-20-3-10-30-18/h1-3,10-11H,4-9,12H2,(H,20,21,25). The number of nitro benzene ring substituents is 1. The third-order valence-electron chi connectivity index (χ3n) is 4.48. The van der Waals surface area contributed by atoms with Crippen molar-refractivity contribution in [3.8, 4) is 0 Å². The molecule has 160 valence electrons. The lowest BCUT2D eigenvalue weighted by Crippen LogP contribution is -2.45. The van der Waals surface area contributed by atoms with Gasteiger partial charge in [-0.25, -0.2) is 4.98 Å². The maximum atomic E-state index is 13.1. The van der Waals surface area contributed by atoms with Gasteiger partial charge >= 0.3 is 0 Å². The molecule has 1 aliphatic heterocycles. The number of nitrogens with zero attached hydrogens (tertiary/aromatic N) is 4. The lowest BCUT2D eigenvalue weighted by Gasteiger charge is -2.30. The molecule has 0 radical (unpaired) electrons. The number of benzene rings is 1. The summed E-state index contributed by atoms with van der Waals surface area (Å²) in [5.41, 5.74) is -0.107. The van der Waals surface area contributed by atoms with Gasteiger partial charge in [0, 0.05) is 49.9 Å². The largest absolute Gasteiger partial charge is 0.379 e. The van der Waals surface area contributed by atoms with E-state index in [2.05, 4.69) is 15.2 Å². The number of morpholine rings is 1. The van der Waals surface area contributed by atoms with Gasteiger partial charge in [-0.05, 0) is 6.07 Å². The summed E-state index contributed by atoms with van der Waals surface area (Å²) in [5, 5.41) is 15.7. The van der Waals surface area contributed by atoms with Gasteiger partial charge in [0.2, 0.25) is 5.91 Å². The van der Waals surface area contributed by atoms with E-state index in [-0.39, 0.29) is 29.4 Å². The van der Waals surface area contributed by atoms with Gasteiger partial charge in [-0.15, -0.1) is 11.3 Å². The number of aromatic nitrogens is 1. The molecular formula is C18H20ClN5O5S. The molecule has 3 rings (SSSR count). The smallest absolute Gasteiger partial charge is 0.270 e. The quantitative estimate of drug-likeness (QED) is 0.480. The predicted molar refractivity (Wildman–Crippen MR) is 112 cm³/mol. The second kappa shape index (κ2) is 10.4. The summed E-state index contributed by atoms with van der Waals surface area (Å²) in [4.78, 5) is 43.4. The number of carbonyl (C=O) groups is 2. The number of rotatable bonds is 8. The summed E-state index contributed by atoms with van der Waals surface area (Å²) in [5.74, 6) is -0.865. The van der Waals surface area contributed by atoms with Gasteiger partial charge in [0.15, 0.2) is 5.13 Å². The van der Waals surface area contributed by atoms with E-state index in [1.165, 1.54) is 28.4 Å². The SMILES string of the molecule is O=C(CN(CCN1CCOCC1)C(=O)c1ccc([N+](=O)[O-])cc1Cl)Nc1nccs1. The van der Waals surface area contributed by atoms with Crippen molar-refractivity contribution >= 4 is 45.6 Å². The van der Waals surface area contributed by atoms with E-state index in [1.54, 1.807) is 11.6 Å². The molecule has 0 spiro atoms. The van der Waals surface area contributed by atoms with Crippen LogP contribution in [0.2, 0.25) is 5.02 Å². The molecule has 30 heavy (non-hydrogen) atoms. The first-order valence-corrected chi connectivity index (χ1v) is 10.4. The summed E-state index contributed by atoms with van der Waals surface area (Å²) in [6.07, 6.45) is 1.57. The maximum Gasteiger partial charge on any atom is 0.270 e. The minimum absolute atomic E-state index is 0.0362. The Morgan fingerprint density at radius 2 is 2.13 bits per heavy atom. The number of anilines is 1. The van der Waals surface area contributed by atoms with Crippen LogP contribution in [0.4, 0.5) is 10.8 Å². The monoisotopic (exact) mass is 453 g/mol. The number of halogens is 1. The Morgan fingerprint density at radius 1 is 1.37 bits per heavy atom. The van der Waals surface area contributed by atoms with E-state index in [0.717, 1.165) is 19.2 Å². The number of hydrogen-bond donors (Lipinski definition) is 1. The minimum atomic E-state index is -0.586. The molecule has 1 saturated heterocycles. The lowest BCUT2D eigenvalue weighted by atomic mass is 10.1. The van der Waals surface area contributed by atoms with Crippen molar-refractivity contribution in [2.45, 2.75) is 0 Å². The first-order valence-electron chi connectivity index (χ1n) is 9.16. The fourth-order valence-corrected chi connectivity index (χ4v) is 3.72. The Bertz CT molecular complexity index is 904. The van der Waals surface area contributed by atoms with Crippen molar-refractivity contribution in [1.29, 1.82) is 0 Å². The molecule has 0 bridgehead atoms. The van der Waals surface area contributed by atoms with Crippen molar-refractivity contribution in [3.63, 3.8) is 0 Å². The molecule has 1 N–H and O–H groups in total. The van der Waals surface area contributed by atoms with Crippen molar-refractivity contribution in [3.05, 3.63) is 50.5 Å². The number of nitro groups is 1. The Morgan fingerprint density at radius 3 is 2.77 bits per heavy atom. The molecule has 2 amide bonds. The molecular weight excluding hydrogens is 434 g/mol. The number of thiazole rings is 1. The molecule has 0 unspecified atom stereocenters. The van der Waals surface area contributed by atoms with Crippen LogP contribution in [-0.4, -0.2) is 77.5 Å². The van der Waals surface area contributed by atoms with E-state index < -0.39 is 16.7 Å². The Labute approximate surface area is 181 Å². The van der Waals surface area contributed by atoms with E-state index in [9.17, 15) is 19.7 Å². The third kappa shape index (κ3) is 5.95. The van der Waals surface area contributed by atoms with Crippen LogP contribution in [0.5, 0.6) is 0 Å². The Hall–Kier alpha value is -2.60. The maximum absolute atomic E-state index is 13.1. The average molecular weight is 454 g/mol. The van der Waals surface area contributed by atoms with Gasteiger partial charge in [-0.3, -0.25) is 24.6 Å². The zero-order valence-corrected chi connectivity index (χ0v) is 17.5. The van der Waals surface area contributed by atoms with Crippen molar-refractivity contribution in [2.24, 2.45) is 0 Å². The van der Waals surface area contributed by atoms with Crippen LogP contribution in [-0.2, 0) is 9.53 Å². The molecule has 10 nitrogen and oxygen atoms in total. The molecule has 1 aromatic heterocycles. The number of nitrogens with one attached hydrogen (secondary N) is 1. The van der Waals surface area contributed by atoms with E-state index in [0.29, 0.717) is 24.9 Å². The van der Waals surface area contributed by atoms with Crippen LogP contribution in [0.15, 0.2) is 29.8 Å². The number of ether oxygens (including phenoxy) is 1. The molecule has 1 aromatic carbocycles. The summed E-state index contributed by atoms with van der Waals surface area (Å²) >= 11 is 7.40. The molecule has 0 aliphatic carbocycles. The van der Waals surface area contributed by atoms with Crippen LogP contribution in [0, 0.1) is 10.1 Å². The zero-order valence-electron chi connectivity index (χ0n) is 16.0. The first kappa shape index (κ1) is 22.1. The second-order valence-corrected chi connectivity index (χ2v) is 7.79. The van der Waals surface area contributed by atoms with Gasteiger partial charge in [-0.2, -0.15) is 0 Å².